The average Bonchev–Trinajstić information content (AvgIpc) is 3.05. The van der Waals surface area contributed by atoms with E-state index in [4.69, 9.17) is 9.72 Å². The molecule has 24 heavy (non-hydrogen) atoms. The van der Waals surface area contributed by atoms with Gasteiger partial charge in [-0.3, -0.25) is 4.90 Å². The molecule has 130 valence electrons. The third-order valence-corrected chi connectivity index (χ3v) is 5.30. The predicted molar refractivity (Wildman–Crippen MR) is 101 cm³/mol. The molecule has 1 saturated heterocycles. The van der Waals surface area contributed by atoms with Crippen molar-refractivity contribution in [2.45, 2.75) is 20.4 Å². The standard InChI is InChI=1S/C19H27N3OS/c1-15(2)12-21-8-10-22(11-9-21)13-17-14-24-19(20-17)16-4-6-18(23-3)7-5-16/h4-7,14-15H,8-13H2,1-3H3. The zero-order valence-electron chi connectivity index (χ0n) is 14.9. The molecule has 0 unspecified atom stereocenters. The van der Waals surface area contributed by atoms with E-state index in [9.17, 15) is 0 Å². The van der Waals surface area contributed by atoms with Crippen LogP contribution in [0.2, 0.25) is 0 Å². The highest BCUT2D eigenvalue weighted by molar-refractivity contribution is 7.13. The molecular formula is C19H27N3OS. The number of methoxy groups -OCH3 is 1. The summed E-state index contributed by atoms with van der Waals surface area (Å²) >= 11 is 1.72. The van der Waals surface area contributed by atoms with Crippen molar-refractivity contribution in [1.82, 2.24) is 14.8 Å². The minimum Gasteiger partial charge on any atom is -0.497 e. The Morgan fingerprint density at radius 2 is 1.75 bits per heavy atom. The molecule has 1 fully saturated rings. The van der Waals surface area contributed by atoms with Crippen LogP contribution in [0.1, 0.15) is 19.5 Å². The van der Waals surface area contributed by atoms with Gasteiger partial charge in [-0.2, -0.15) is 0 Å². The van der Waals surface area contributed by atoms with Crippen LogP contribution in [0.4, 0.5) is 0 Å². The van der Waals surface area contributed by atoms with Crippen LogP contribution in [0.25, 0.3) is 10.6 Å². The van der Waals surface area contributed by atoms with Gasteiger partial charge in [-0.15, -0.1) is 11.3 Å². The Morgan fingerprint density at radius 3 is 2.38 bits per heavy atom. The van der Waals surface area contributed by atoms with Crippen molar-refractivity contribution >= 4 is 11.3 Å². The number of aromatic nitrogens is 1. The summed E-state index contributed by atoms with van der Waals surface area (Å²) in [6.45, 7) is 11.4. The predicted octanol–water partition coefficient (Wildman–Crippen LogP) is 3.59. The number of nitrogens with zero attached hydrogens (tertiary/aromatic N) is 3. The molecule has 0 amide bonds. The van der Waals surface area contributed by atoms with E-state index in [-0.39, 0.29) is 0 Å². The number of benzene rings is 1. The van der Waals surface area contributed by atoms with Crippen LogP contribution < -0.4 is 4.74 Å². The second kappa shape index (κ2) is 8.10. The molecule has 1 aromatic carbocycles. The minimum atomic E-state index is 0.752. The van der Waals surface area contributed by atoms with Gasteiger partial charge in [0.05, 0.1) is 12.8 Å². The van der Waals surface area contributed by atoms with Crippen LogP contribution in [0.3, 0.4) is 0 Å². The van der Waals surface area contributed by atoms with Crippen LogP contribution in [0.15, 0.2) is 29.6 Å². The maximum Gasteiger partial charge on any atom is 0.123 e. The SMILES string of the molecule is COc1ccc(-c2nc(CN3CCN(CC(C)C)CC3)cs2)cc1. The van der Waals surface area contributed by atoms with Crippen molar-refractivity contribution in [1.29, 1.82) is 0 Å². The highest BCUT2D eigenvalue weighted by Gasteiger charge is 2.18. The third-order valence-electron chi connectivity index (χ3n) is 4.36. The number of rotatable bonds is 6. The topological polar surface area (TPSA) is 28.6 Å². The van der Waals surface area contributed by atoms with Gasteiger partial charge in [0.1, 0.15) is 10.8 Å². The van der Waals surface area contributed by atoms with Gasteiger partial charge in [0.2, 0.25) is 0 Å². The Bertz CT molecular complexity index is 630. The summed E-state index contributed by atoms with van der Waals surface area (Å²) in [5, 5.41) is 3.28. The highest BCUT2D eigenvalue weighted by atomic mass is 32.1. The highest BCUT2D eigenvalue weighted by Crippen LogP contribution is 2.26. The van der Waals surface area contributed by atoms with Gasteiger partial charge in [0.15, 0.2) is 0 Å². The molecule has 0 atom stereocenters. The molecular weight excluding hydrogens is 318 g/mol. The summed E-state index contributed by atoms with van der Waals surface area (Å²) in [5.74, 6) is 1.64. The lowest BCUT2D eigenvalue weighted by molar-refractivity contribution is 0.116. The molecule has 1 aliphatic heterocycles. The number of thiazole rings is 1. The van der Waals surface area contributed by atoms with E-state index in [0.29, 0.717) is 0 Å². The minimum absolute atomic E-state index is 0.752. The quantitative estimate of drug-likeness (QED) is 0.800. The molecule has 0 aliphatic carbocycles. The van der Waals surface area contributed by atoms with Crippen LogP contribution >= 0.6 is 11.3 Å². The summed E-state index contributed by atoms with van der Waals surface area (Å²) in [5.41, 5.74) is 2.34. The second-order valence-corrected chi connectivity index (χ2v) is 7.70. The van der Waals surface area contributed by atoms with Gasteiger partial charge in [-0.1, -0.05) is 13.8 Å². The van der Waals surface area contributed by atoms with Crippen molar-refractivity contribution in [3.63, 3.8) is 0 Å². The van der Waals surface area contributed by atoms with Crippen LogP contribution in [-0.4, -0.2) is 54.6 Å². The van der Waals surface area contributed by atoms with Crippen molar-refractivity contribution in [3.05, 3.63) is 35.3 Å². The lowest BCUT2D eigenvalue weighted by atomic mass is 10.2. The average molecular weight is 346 g/mol. The maximum absolute atomic E-state index is 5.22. The number of hydrogen-bond donors (Lipinski definition) is 0. The zero-order chi connectivity index (χ0) is 16.9. The van der Waals surface area contributed by atoms with Crippen LogP contribution in [0.5, 0.6) is 5.75 Å². The van der Waals surface area contributed by atoms with E-state index >= 15 is 0 Å². The van der Waals surface area contributed by atoms with Crippen molar-refractivity contribution < 1.29 is 4.74 Å². The fourth-order valence-corrected chi connectivity index (χ4v) is 3.94. The molecule has 1 aliphatic rings. The lowest BCUT2D eigenvalue weighted by Crippen LogP contribution is -2.46. The van der Waals surface area contributed by atoms with Gasteiger partial charge in [-0.25, -0.2) is 4.98 Å². The molecule has 2 heterocycles. The van der Waals surface area contributed by atoms with Gasteiger partial charge in [0, 0.05) is 50.2 Å². The molecule has 0 saturated carbocycles. The number of ether oxygens (including phenoxy) is 1. The van der Waals surface area contributed by atoms with Gasteiger partial charge < -0.3 is 9.64 Å². The summed E-state index contributed by atoms with van der Waals surface area (Å²) in [6, 6.07) is 8.13. The Hall–Kier alpha value is -1.43. The molecule has 0 bridgehead atoms. The Balaban J connectivity index is 1.54. The summed E-state index contributed by atoms with van der Waals surface area (Å²) < 4.78 is 5.22. The van der Waals surface area contributed by atoms with Gasteiger partial charge in [-0.05, 0) is 30.2 Å². The van der Waals surface area contributed by atoms with E-state index in [1.165, 1.54) is 25.3 Å². The summed E-state index contributed by atoms with van der Waals surface area (Å²) in [4.78, 5) is 9.91. The smallest absolute Gasteiger partial charge is 0.123 e. The fraction of sp³-hybridized carbons (Fsp3) is 0.526. The van der Waals surface area contributed by atoms with E-state index in [1.54, 1.807) is 18.4 Å². The van der Waals surface area contributed by atoms with Crippen LogP contribution in [0, 0.1) is 5.92 Å². The number of piperazine rings is 1. The van der Waals surface area contributed by atoms with Crippen molar-refractivity contribution in [2.24, 2.45) is 5.92 Å². The Morgan fingerprint density at radius 1 is 1.08 bits per heavy atom. The van der Waals surface area contributed by atoms with E-state index in [0.717, 1.165) is 41.9 Å². The molecule has 1 aromatic heterocycles. The van der Waals surface area contributed by atoms with Crippen molar-refractivity contribution in [3.8, 4) is 16.3 Å². The van der Waals surface area contributed by atoms with Gasteiger partial charge >= 0.3 is 0 Å². The van der Waals surface area contributed by atoms with Gasteiger partial charge in [0.25, 0.3) is 0 Å². The largest absolute Gasteiger partial charge is 0.497 e. The number of hydrogen-bond acceptors (Lipinski definition) is 5. The first-order valence-corrected chi connectivity index (χ1v) is 9.55. The maximum atomic E-state index is 5.22. The zero-order valence-corrected chi connectivity index (χ0v) is 15.7. The second-order valence-electron chi connectivity index (χ2n) is 6.84. The monoisotopic (exact) mass is 345 g/mol. The first-order chi connectivity index (χ1) is 11.6. The van der Waals surface area contributed by atoms with E-state index in [2.05, 4.69) is 41.2 Å². The molecule has 4 nitrogen and oxygen atoms in total. The molecule has 0 N–H and O–H groups in total. The summed E-state index contributed by atoms with van der Waals surface area (Å²) in [6.07, 6.45) is 0. The Labute approximate surface area is 149 Å². The normalized spacial score (nSPS) is 16.7. The van der Waals surface area contributed by atoms with E-state index < -0.39 is 0 Å². The molecule has 0 radical (unpaired) electrons. The lowest BCUT2D eigenvalue weighted by Gasteiger charge is -2.35. The van der Waals surface area contributed by atoms with E-state index in [1.807, 2.05) is 12.1 Å². The third kappa shape index (κ3) is 4.56. The molecule has 0 spiro atoms. The van der Waals surface area contributed by atoms with Crippen molar-refractivity contribution in [2.75, 3.05) is 39.8 Å². The molecule has 5 heteroatoms. The summed E-state index contributed by atoms with van der Waals surface area (Å²) in [7, 11) is 1.69. The first kappa shape index (κ1) is 17.4. The van der Waals surface area contributed by atoms with Crippen LogP contribution in [-0.2, 0) is 6.54 Å². The molecule has 3 rings (SSSR count). The fourth-order valence-electron chi connectivity index (χ4n) is 3.12. The first-order valence-electron chi connectivity index (χ1n) is 8.67. The molecule has 2 aromatic rings. The Kier molecular flexibility index (Phi) is 5.87.